The molecule has 6 nitrogen and oxygen atoms in total. The monoisotopic (exact) mass is 412 g/mol. The first kappa shape index (κ1) is 18.9. The first-order chi connectivity index (χ1) is 11.9. The highest BCUT2D eigenvalue weighted by atomic mass is 79.9. The van der Waals surface area contributed by atoms with Crippen LogP contribution in [0.15, 0.2) is 28.7 Å². The maximum atomic E-state index is 14.0. The van der Waals surface area contributed by atoms with Crippen LogP contribution in [-0.4, -0.2) is 27.2 Å². The van der Waals surface area contributed by atoms with Gasteiger partial charge in [0.1, 0.15) is 23.1 Å². The van der Waals surface area contributed by atoms with Gasteiger partial charge < -0.3 is 25.3 Å². The van der Waals surface area contributed by atoms with E-state index in [-0.39, 0.29) is 17.8 Å². The van der Waals surface area contributed by atoms with Crippen LogP contribution in [0.1, 0.15) is 15.9 Å². The minimum Gasteiger partial charge on any atom is -0.496 e. The second-order valence-electron chi connectivity index (χ2n) is 5.04. The molecule has 8 heteroatoms. The van der Waals surface area contributed by atoms with Gasteiger partial charge in [-0.05, 0) is 12.1 Å². The first-order valence-electron chi connectivity index (χ1n) is 7.22. The van der Waals surface area contributed by atoms with Crippen molar-refractivity contribution >= 4 is 27.5 Å². The smallest absolute Gasteiger partial charge is 0.253 e. The van der Waals surface area contributed by atoms with E-state index in [4.69, 9.17) is 19.9 Å². The fraction of sp³-hybridized carbons (Fsp3) is 0.235. The molecule has 0 bridgehead atoms. The Labute approximate surface area is 153 Å². The van der Waals surface area contributed by atoms with Crippen molar-refractivity contribution in [1.82, 2.24) is 0 Å². The van der Waals surface area contributed by atoms with E-state index in [1.165, 1.54) is 27.4 Å². The van der Waals surface area contributed by atoms with Gasteiger partial charge >= 0.3 is 0 Å². The Morgan fingerprint density at radius 3 is 2.20 bits per heavy atom. The molecule has 0 unspecified atom stereocenters. The van der Waals surface area contributed by atoms with Crippen LogP contribution < -0.4 is 25.3 Å². The summed E-state index contributed by atoms with van der Waals surface area (Å²) < 4.78 is 30.5. The molecule has 2 aromatic carbocycles. The molecule has 134 valence electrons. The van der Waals surface area contributed by atoms with Gasteiger partial charge in [0.15, 0.2) is 0 Å². The van der Waals surface area contributed by atoms with Gasteiger partial charge in [-0.2, -0.15) is 0 Å². The molecular weight excluding hydrogens is 395 g/mol. The highest BCUT2D eigenvalue weighted by Crippen LogP contribution is 2.35. The summed E-state index contributed by atoms with van der Waals surface area (Å²) in [7, 11) is 4.58. The third kappa shape index (κ3) is 4.14. The van der Waals surface area contributed by atoms with Gasteiger partial charge in [-0.1, -0.05) is 15.9 Å². The summed E-state index contributed by atoms with van der Waals surface area (Å²) in [4.78, 5) is 11.6. The number of rotatable bonds is 7. The number of methoxy groups -OCH3 is 3. The maximum absolute atomic E-state index is 14.0. The summed E-state index contributed by atoms with van der Waals surface area (Å²) in [6.07, 6.45) is 0. The van der Waals surface area contributed by atoms with Gasteiger partial charge in [0.05, 0.1) is 38.1 Å². The van der Waals surface area contributed by atoms with Crippen molar-refractivity contribution < 1.29 is 23.4 Å². The molecule has 0 radical (unpaired) electrons. The van der Waals surface area contributed by atoms with E-state index in [9.17, 15) is 9.18 Å². The average molecular weight is 413 g/mol. The molecule has 0 aliphatic carbocycles. The third-order valence-corrected chi connectivity index (χ3v) is 4.03. The highest BCUT2D eigenvalue weighted by molar-refractivity contribution is 9.10. The Morgan fingerprint density at radius 1 is 1.12 bits per heavy atom. The van der Waals surface area contributed by atoms with Crippen molar-refractivity contribution in [2.75, 3.05) is 26.6 Å². The number of hydrogen-bond donors (Lipinski definition) is 2. The number of carbonyl (C=O) groups is 1. The van der Waals surface area contributed by atoms with E-state index in [2.05, 4.69) is 21.2 Å². The van der Waals surface area contributed by atoms with Crippen LogP contribution in [0.5, 0.6) is 17.2 Å². The standard InChI is InChI=1S/C17H18BrFN2O4/c1-23-10-6-14(24-2)11(15(7-10)25-3)8-21-13-5-9(18)4-12(19)16(13)17(20)22/h4-7,21H,8H2,1-3H3,(H2,20,22). The number of benzene rings is 2. The average Bonchev–Trinajstić information content (AvgIpc) is 2.57. The molecule has 0 fully saturated rings. The molecule has 0 spiro atoms. The summed E-state index contributed by atoms with van der Waals surface area (Å²) in [5.41, 5.74) is 6.02. The Kier molecular flexibility index (Phi) is 6.08. The molecule has 2 aromatic rings. The van der Waals surface area contributed by atoms with E-state index in [0.29, 0.717) is 27.3 Å². The van der Waals surface area contributed by atoms with E-state index in [1.807, 2.05) is 0 Å². The van der Waals surface area contributed by atoms with Crippen molar-refractivity contribution in [1.29, 1.82) is 0 Å². The van der Waals surface area contributed by atoms with Crippen molar-refractivity contribution in [2.45, 2.75) is 6.54 Å². The Morgan fingerprint density at radius 2 is 1.72 bits per heavy atom. The van der Waals surface area contributed by atoms with E-state index >= 15 is 0 Å². The number of anilines is 1. The van der Waals surface area contributed by atoms with Gasteiger partial charge in [0, 0.05) is 23.2 Å². The molecule has 0 aromatic heterocycles. The number of hydrogen-bond acceptors (Lipinski definition) is 5. The minimum atomic E-state index is -0.860. The normalized spacial score (nSPS) is 10.3. The first-order valence-corrected chi connectivity index (χ1v) is 8.02. The number of halogens is 2. The Hall–Kier alpha value is -2.48. The van der Waals surface area contributed by atoms with Crippen molar-refractivity contribution in [2.24, 2.45) is 5.73 Å². The summed E-state index contributed by atoms with van der Waals surface area (Å²) in [6.45, 7) is 0.215. The second kappa shape index (κ2) is 8.06. The summed E-state index contributed by atoms with van der Waals surface area (Å²) in [6, 6.07) is 6.16. The zero-order valence-corrected chi connectivity index (χ0v) is 15.6. The van der Waals surface area contributed by atoms with E-state index in [1.54, 1.807) is 18.2 Å². The van der Waals surface area contributed by atoms with Gasteiger partial charge in [0.2, 0.25) is 0 Å². The molecule has 0 heterocycles. The summed E-state index contributed by atoms with van der Waals surface area (Å²) in [5.74, 6) is 0.0579. The molecule has 0 saturated heterocycles. The van der Waals surface area contributed by atoms with Crippen molar-refractivity contribution in [3.8, 4) is 17.2 Å². The fourth-order valence-corrected chi connectivity index (χ4v) is 2.83. The quantitative estimate of drug-likeness (QED) is 0.728. The van der Waals surface area contributed by atoms with E-state index < -0.39 is 11.7 Å². The van der Waals surface area contributed by atoms with E-state index in [0.717, 1.165) is 0 Å². The van der Waals surface area contributed by atoms with Gasteiger partial charge in [0.25, 0.3) is 5.91 Å². The molecule has 0 aliphatic heterocycles. The number of ether oxygens (including phenoxy) is 3. The highest BCUT2D eigenvalue weighted by Gasteiger charge is 2.18. The lowest BCUT2D eigenvalue weighted by molar-refractivity contribution is 0.0997. The van der Waals surface area contributed by atoms with Gasteiger partial charge in [-0.15, -0.1) is 0 Å². The number of nitrogens with two attached hydrogens (primary N) is 1. The molecule has 3 N–H and O–H groups in total. The molecule has 0 atom stereocenters. The lowest BCUT2D eigenvalue weighted by Crippen LogP contribution is -2.17. The van der Waals surface area contributed by atoms with Gasteiger partial charge in [-0.25, -0.2) is 4.39 Å². The molecular formula is C17H18BrFN2O4. The van der Waals surface area contributed by atoms with Crippen LogP contribution in [0.3, 0.4) is 0 Å². The molecule has 0 saturated carbocycles. The third-order valence-electron chi connectivity index (χ3n) is 3.57. The molecule has 2 rings (SSSR count). The fourth-order valence-electron chi connectivity index (χ4n) is 2.40. The van der Waals surface area contributed by atoms with Crippen LogP contribution in [0.2, 0.25) is 0 Å². The van der Waals surface area contributed by atoms with Crippen LogP contribution in [0.4, 0.5) is 10.1 Å². The van der Waals surface area contributed by atoms with Crippen molar-refractivity contribution in [3.63, 3.8) is 0 Å². The number of primary amides is 1. The lowest BCUT2D eigenvalue weighted by Gasteiger charge is -2.17. The van der Waals surface area contributed by atoms with Crippen LogP contribution in [0, 0.1) is 5.82 Å². The predicted octanol–water partition coefficient (Wildman–Crippen LogP) is 3.33. The maximum Gasteiger partial charge on any atom is 0.253 e. The van der Waals surface area contributed by atoms with Crippen LogP contribution >= 0.6 is 15.9 Å². The van der Waals surface area contributed by atoms with Crippen LogP contribution in [-0.2, 0) is 6.54 Å². The van der Waals surface area contributed by atoms with Crippen molar-refractivity contribution in [3.05, 3.63) is 45.7 Å². The van der Waals surface area contributed by atoms with Crippen LogP contribution in [0.25, 0.3) is 0 Å². The Balaban J connectivity index is 2.41. The molecule has 1 amide bonds. The molecule has 25 heavy (non-hydrogen) atoms. The molecule has 0 aliphatic rings. The van der Waals surface area contributed by atoms with Gasteiger partial charge in [-0.3, -0.25) is 4.79 Å². The Bertz CT molecular complexity index is 773. The second-order valence-corrected chi connectivity index (χ2v) is 5.95. The lowest BCUT2D eigenvalue weighted by atomic mass is 10.1. The number of carbonyl (C=O) groups excluding carboxylic acids is 1. The number of nitrogens with one attached hydrogen (secondary N) is 1. The predicted molar refractivity (Wildman–Crippen MR) is 96.0 cm³/mol. The summed E-state index contributed by atoms with van der Waals surface area (Å²) >= 11 is 3.20. The minimum absolute atomic E-state index is 0.213. The SMILES string of the molecule is COc1cc(OC)c(CNc2cc(Br)cc(F)c2C(N)=O)c(OC)c1. The topological polar surface area (TPSA) is 82.8 Å². The number of amides is 1. The summed E-state index contributed by atoms with van der Waals surface area (Å²) in [5, 5.41) is 3.01. The zero-order valence-electron chi connectivity index (χ0n) is 14.0. The zero-order chi connectivity index (χ0) is 18.6. The largest absolute Gasteiger partial charge is 0.496 e.